The highest BCUT2D eigenvalue weighted by Gasteiger charge is 2.12. The lowest BCUT2D eigenvalue weighted by molar-refractivity contribution is 0.0995. The molecule has 0 aliphatic heterocycles. The van der Waals surface area contributed by atoms with Crippen LogP contribution in [0.5, 0.6) is 0 Å². The van der Waals surface area contributed by atoms with Crippen molar-refractivity contribution in [2.24, 2.45) is 5.73 Å². The molecule has 6 heteroatoms. The van der Waals surface area contributed by atoms with E-state index in [9.17, 15) is 9.59 Å². The van der Waals surface area contributed by atoms with Gasteiger partial charge in [0, 0.05) is 27.5 Å². The van der Waals surface area contributed by atoms with Crippen LogP contribution in [0.1, 0.15) is 26.3 Å². The summed E-state index contributed by atoms with van der Waals surface area (Å²) in [4.78, 5) is 23.5. The number of amides is 2. The van der Waals surface area contributed by atoms with Gasteiger partial charge in [-0.2, -0.15) is 0 Å². The zero-order valence-corrected chi connectivity index (χ0v) is 12.1. The van der Waals surface area contributed by atoms with E-state index in [1.54, 1.807) is 31.2 Å². The van der Waals surface area contributed by atoms with Crippen LogP contribution in [-0.2, 0) is 0 Å². The number of primary amides is 1. The van der Waals surface area contributed by atoms with Gasteiger partial charge in [-0.3, -0.25) is 9.59 Å². The van der Waals surface area contributed by atoms with Crippen molar-refractivity contribution in [2.45, 2.75) is 6.92 Å². The Kier molecular flexibility index (Phi) is 4.14. The quantitative estimate of drug-likeness (QED) is 0.760. The maximum absolute atomic E-state index is 12.2. The van der Waals surface area contributed by atoms with Crippen LogP contribution >= 0.6 is 11.6 Å². The first-order chi connectivity index (χ1) is 9.88. The zero-order valence-electron chi connectivity index (χ0n) is 11.3. The summed E-state index contributed by atoms with van der Waals surface area (Å²) in [6, 6.07) is 9.53. The molecule has 0 saturated heterocycles. The lowest BCUT2D eigenvalue weighted by Crippen LogP contribution is -2.17. The van der Waals surface area contributed by atoms with E-state index >= 15 is 0 Å². The van der Waals surface area contributed by atoms with Gasteiger partial charge < -0.3 is 16.8 Å². The Labute approximate surface area is 126 Å². The molecule has 0 aliphatic carbocycles. The molecule has 0 saturated carbocycles. The summed E-state index contributed by atoms with van der Waals surface area (Å²) in [7, 11) is 0. The van der Waals surface area contributed by atoms with Crippen molar-refractivity contribution in [1.29, 1.82) is 0 Å². The molecule has 0 heterocycles. The number of benzene rings is 2. The van der Waals surface area contributed by atoms with Gasteiger partial charge in [0.25, 0.3) is 5.91 Å². The average molecular weight is 304 g/mol. The van der Waals surface area contributed by atoms with Crippen LogP contribution in [0, 0.1) is 6.92 Å². The highest BCUT2D eigenvalue weighted by atomic mass is 35.5. The molecule has 21 heavy (non-hydrogen) atoms. The number of halogens is 1. The summed E-state index contributed by atoms with van der Waals surface area (Å²) in [6.07, 6.45) is 0. The molecule has 2 aromatic carbocycles. The number of hydrogen-bond acceptors (Lipinski definition) is 3. The summed E-state index contributed by atoms with van der Waals surface area (Å²) in [5.41, 5.74) is 13.1. The number of nitrogens with two attached hydrogens (primary N) is 2. The second-order valence-corrected chi connectivity index (χ2v) is 5.01. The maximum atomic E-state index is 12.2. The molecule has 0 radical (unpaired) electrons. The first-order valence-electron chi connectivity index (χ1n) is 6.15. The lowest BCUT2D eigenvalue weighted by atomic mass is 10.1. The van der Waals surface area contributed by atoms with E-state index in [1.807, 2.05) is 0 Å². The molecule has 0 aliphatic rings. The van der Waals surface area contributed by atoms with Gasteiger partial charge in [0.15, 0.2) is 0 Å². The van der Waals surface area contributed by atoms with Crippen molar-refractivity contribution in [1.82, 2.24) is 0 Å². The van der Waals surface area contributed by atoms with Gasteiger partial charge in [-0.25, -0.2) is 0 Å². The minimum absolute atomic E-state index is 0.337. The summed E-state index contributed by atoms with van der Waals surface area (Å²) < 4.78 is 0. The van der Waals surface area contributed by atoms with Crippen molar-refractivity contribution in [3.05, 3.63) is 58.1 Å². The molecule has 0 atom stereocenters. The molecule has 0 unspecified atom stereocenters. The average Bonchev–Trinajstić information content (AvgIpc) is 2.39. The van der Waals surface area contributed by atoms with Crippen LogP contribution in [0.15, 0.2) is 36.4 Å². The second kappa shape index (κ2) is 5.85. The maximum Gasteiger partial charge on any atom is 0.255 e. The molecule has 108 valence electrons. The monoisotopic (exact) mass is 303 g/mol. The smallest absolute Gasteiger partial charge is 0.255 e. The minimum atomic E-state index is -0.546. The fraction of sp³-hybridized carbons (Fsp3) is 0.0667. The number of carbonyl (C=O) groups excluding carboxylic acids is 2. The fourth-order valence-corrected chi connectivity index (χ4v) is 2.22. The summed E-state index contributed by atoms with van der Waals surface area (Å²) in [5.74, 6) is -0.912. The number of anilines is 2. The summed E-state index contributed by atoms with van der Waals surface area (Å²) in [6.45, 7) is 1.71. The number of rotatable bonds is 3. The van der Waals surface area contributed by atoms with E-state index in [0.29, 0.717) is 33.1 Å². The molecular weight excluding hydrogens is 290 g/mol. The zero-order chi connectivity index (χ0) is 15.6. The van der Waals surface area contributed by atoms with Gasteiger partial charge in [-0.1, -0.05) is 17.7 Å². The molecule has 2 amide bonds. The molecule has 0 bridgehead atoms. The lowest BCUT2D eigenvalue weighted by Gasteiger charge is -2.11. The molecule has 5 N–H and O–H groups in total. The molecule has 0 spiro atoms. The van der Waals surface area contributed by atoms with Crippen LogP contribution < -0.4 is 16.8 Å². The first-order valence-corrected chi connectivity index (χ1v) is 6.53. The van der Waals surface area contributed by atoms with E-state index in [1.165, 1.54) is 12.1 Å². The third kappa shape index (κ3) is 3.32. The molecule has 2 aromatic rings. The van der Waals surface area contributed by atoms with E-state index in [4.69, 9.17) is 23.1 Å². The van der Waals surface area contributed by atoms with Crippen LogP contribution in [0.3, 0.4) is 0 Å². The molecule has 0 aromatic heterocycles. The summed E-state index contributed by atoms with van der Waals surface area (Å²) in [5, 5.41) is 3.09. The highest BCUT2D eigenvalue weighted by Crippen LogP contribution is 2.21. The van der Waals surface area contributed by atoms with Gasteiger partial charge >= 0.3 is 0 Å². The SMILES string of the molecule is Cc1c(NC(=O)c2cc(N)cc(Cl)c2)cccc1C(N)=O. The first kappa shape index (κ1) is 14.9. The van der Waals surface area contributed by atoms with Crippen molar-refractivity contribution in [3.8, 4) is 0 Å². The van der Waals surface area contributed by atoms with Crippen LogP contribution in [0.4, 0.5) is 11.4 Å². The van der Waals surface area contributed by atoms with Crippen molar-refractivity contribution in [2.75, 3.05) is 11.1 Å². The minimum Gasteiger partial charge on any atom is -0.399 e. The third-order valence-electron chi connectivity index (χ3n) is 3.03. The number of carbonyl (C=O) groups is 2. The topological polar surface area (TPSA) is 98.2 Å². The van der Waals surface area contributed by atoms with Crippen molar-refractivity contribution < 1.29 is 9.59 Å². The van der Waals surface area contributed by atoms with Crippen molar-refractivity contribution in [3.63, 3.8) is 0 Å². The highest BCUT2D eigenvalue weighted by molar-refractivity contribution is 6.31. The van der Waals surface area contributed by atoms with Crippen molar-refractivity contribution >= 4 is 34.8 Å². The van der Waals surface area contributed by atoms with Gasteiger partial charge in [0.1, 0.15) is 0 Å². The summed E-state index contributed by atoms with van der Waals surface area (Å²) >= 11 is 5.87. The fourth-order valence-electron chi connectivity index (χ4n) is 1.98. The van der Waals surface area contributed by atoms with Crippen LogP contribution in [0.25, 0.3) is 0 Å². The molecular formula is C15H14ClN3O2. The number of nitrogens with one attached hydrogen (secondary N) is 1. The van der Waals surface area contributed by atoms with Gasteiger partial charge in [-0.05, 0) is 42.8 Å². The molecule has 5 nitrogen and oxygen atoms in total. The van der Waals surface area contributed by atoms with Crippen LogP contribution in [-0.4, -0.2) is 11.8 Å². The number of hydrogen-bond donors (Lipinski definition) is 3. The Morgan fingerprint density at radius 3 is 2.52 bits per heavy atom. The normalized spacial score (nSPS) is 10.2. The molecule has 0 fully saturated rings. The standard InChI is InChI=1S/C15H14ClN3O2/c1-8-12(14(18)20)3-2-4-13(8)19-15(21)9-5-10(16)7-11(17)6-9/h2-7H,17H2,1H3,(H2,18,20)(H,19,21). The Hall–Kier alpha value is -2.53. The Morgan fingerprint density at radius 2 is 1.90 bits per heavy atom. The van der Waals surface area contributed by atoms with E-state index in [0.717, 1.165) is 0 Å². The Morgan fingerprint density at radius 1 is 1.19 bits per heavy atom. The largest absolute Gasteiger partial charge is 0.399 e. The van der Waals surface area contributed by atoms with Gasteiger partial charge in [0.05, 0.1) is 0 Å². The van der Waals surface area contributed by atoms with E-state index in [2.05, 4.69) is 5.32 Å². The third-order valence-corrected chi connectivity index (χ3v) is 3.25. The van der Waals surface area contributed by atoms with Gasteiger partial charge in [0.2, 0.25) is 5.91 Å². The Bertz CT molecular complexity index is 709. The van der Waals surface area contributed by atoms with E-state index in [-0.39, 0.29) is 5.91 Å². The number of nitrogen functional groups attached to an aromatic ring is 1. The second-order valence-electron chi connectivity index (χ2n) is 4.57. The van der Waals surface area contributed by atoms with Gasteiger partial charge in [-0.15, -0.1) is 0 Å². The van der Waals surface area contributed by atoms with Crippen LogP contribution in [0.2, 0.25) is 5.02 Å². The Balaban J connectivity index is 2.32. The predicted octanol–water partition coefficient (Wildman–Crippen LogP) is 2.58. The van der Waals surface area contributed by atoms with E-state index < -0.39 is 5.91 Å². The molecule has 2 rings (SSSR count). The predicted molar refractivity (Wildman–Crippen MR) is 83.5 cm³/mol.